The Balaban J connectivity index is 2.15. The molecule has 110 valence electrons. The maximum Gasteiger partial charge on any atom is 0.252 e. The third kappa shape index (κ3) is 3.60. The van der Waals surface area contributed by atoms with Crippen molar-refractivity contribution < 1.29 is 8.42 Å². The maximum absolute atomic E-state index is 12.4. The van der Waals surface area contributed by atoms with Gasteiger partial charge in [-0.25, -0.2) is 8.42 Å². The van der Waals surface area contributed by atoms with E-state index in [0.29, 0.717) is 21.6 Å². The molecule has 0 aliphatic rings. The molecule has 20 heavy (non-hydrogen) atoms. The minimum Gasteiger partial charge on any atom is -0.316 e. The van der Waals surface area contributed by atoms with Gasteiger partial charge in [-0.2, -0.15) is 4.31 Å². The van der Waals surface area contributed by atoms with Crippen LogP contribution in [0, 0.1) is 0 Å². The first-order chi connectivity index (χ1) is 9.43. The first-order valence-electron chi connectivity index (χ1n) is 5.86. The highest BCUT2D eigenvalue weighted by Crippen LogP contribution is 2.27. The van der Waals surface area contributed by atoms with Crippen molar-refractivity contribution in [3.63, 3.8) is 0 Å². The van der Waals surface area contributed by atoms with Gasteiger partial charge in [-0.3, -0.25) is 0 Å². The molecule has 0 radical (unpaired) electrons. The zero-order chi connectivity index (χ0) is 14.8. The van der Waals surface area contributed by atoms with E-state index in [1.165, 1.54) is 27.0 Å². The van der Waals surface area contributed by atoms with Crippen LogP contribution in [-0.2, 0) is 23.1 Å². The van der Waals surface area contributed by atoms with Crippen molar-refractivity contribution in [2.45, 2.75) is 17.3 Å². The topological polar surface area (TPSA) is 49.4 Å². The number of nitrogens with one attached hydrogen (secondary N) is 1. The number of sulfonamides is 1. The molecule has 0 aliphatic carbocycles. The van der Waals surface area contributed by atoms with E-state index in [1.54, 1.807) is 19.2 Å². The van der Waals surface area contributed by atoms with Crippen LogP contribution in [0.4, 0.5) is 0 Å². The first-order valence-corrected chi connectivity index (χ1v) is 9.37. The fourth-order valence-corrected chi connectivity index (χ4v) is 5.47. The SMILES string of the molecule is CNCc1csc(S(=O)(=O)N(C)Cc2ccc(Cl)s2)c1. The summed E-state index contributed by atoms with van der Waals surface area (Å²) >= 11 is 8.50. The molecule has 0 saturated heterocycles. The number of hydrogen-bond acceptors (Lipinski definition) is 5. The van der Waals surface area contributed by atoms with Crippen molar-refractivity contribution in [2.24, 2.45) is 0 Å². The van der Waals surface area contributed by atoms with Gasteiger partial charge in [-0.1, -0.05) is 11.6 Å². The van der Waals surface area contributed by atoms with Crippen LogP contribution in [0.15, 0.2) is 27.8 Å². The molecule has 2 heterocycles. The molecule has 2 aromatic rings. The average molecular weight is 351 g/mol. The average Bonchev–Trinajstić information content (AvgIpc) is 2.99. The van der Waals surface area contributed by atoms with Crippen LogP contribution in [0.1, 0.15) is 10.4 Å². The Bertz CT molecular complexity index is 678. The smallest absolute Gasteiger partial charge is 0.252 e. The molecule has 2 aromatic heterocycles. The zero-order valence-electron chi connectivity index (χ0n) is 11.1. The van der Waals surface area contributed by atoms with Crippen molar-refractivity contribution in [3.05, 3.63) is 38.4 Å². The van der Waals surface area contributed by atoms with Crippen LogP contribution in [0.25, 0.3) is 0 Å². The summed E-state index contributed by atoms with van der Waals surface area (Å²) in [7, 11) is -0.0221. The predicted octanol–water partition coefficient (Wildman–Crippen LogP) is 3.00. The lowest BCUT2D eigenvalue weighted by molar-refractivity contribution is 0.471. The summed E-state index contributed by atoms with van der Waals surface area (Å²) in [5.74, 6) is 0. The number of rotatable bonds is 6. The lowest BCUT2D eigenvalue weighted by Gasteiger charge is -2.14. The van der Waals surface area contributed by atoms with Crippen LogP contribution in [-0.4, -0.2) is 26.8 Å². The van der Waals surface area contributed by atoms with E-state index in [-0.39, 0.29) is 0 Å². The molecule has 0 fully saturated rings. The van der Waals surface area contributed by atoms with E-state index in [0.717, 1.165) is 10.4 Å². The third-order valence-corrected chi connectivity index (χ3v) is 7.17. The van der Waals surface area contributed by atoms with Crippen LogP contribution in [0.5, 0.6) is 0 Å². The predicted molar refractivity (Wildman–Crippen MR) is 85.1 cm³/mol. The van der Waals surface area contributed by atoms with Gasteiger partial charge in [0.15, 0.2) is 0 Å². The minimum absolute atomic E-state index is 0.332. The second-order valence-electron chi connectivity index (χ2n) is 4.27. The summed E-state index contributed by atoms with van der Waals surface area (Å²) in [6, 6.07) is 5.34. The summed E-state index contributed by atoms with van der Waals surface area (Å²) in [4.78, 5) is 0.924. The molecular weight excluding hydrogens is 336 g/mol. The molecule has 2 rings (SSSR count). The summed E-state index contributed by atoms with van der Waals surface area (Å²) < 4.78 is 27.3. The van der Waals surface area contributed by atoms with Gasteiger partial charge in [-0.05, 0) is 36.2 Å². The summed E-state index contributed by atoms with van der Waals surface area (Å²) in [5.41, 5.74) is 0.976. The molecule has 0 atom stereocenters. The zero-order valence-corrected chi connectivity index (χ0v) is 14.3. The van der Waals surface area contributed by atoms with Crippen LogP contribution >= 0.6 is 34.3 Å². The Morgan fingerprint density at radius 2 is 2.15 bits per heavy atom. The van der Waals surface area contributed by atoms with Crippen molar-refractivity contribution in [1.82, 2.24) is 9.62 Å². The molecule has 0 amide bonds. The molecule has 0 saturated carbocycles. The van der Waals surface area contributed by atoms with E-state index in [9.17, 15) is 8.42 Å². The molecule has 0 aromatic carbocycles. The van der Waals surface area contributed by atoms with Gasteiger partial charge in [0.25, 0.3) is 10.0 Å². The number of hydrogen-bond donors (Lipinski definition) is 1. The van der Waals surface area contributed by atoms with E-state index < -0.39 is 10.0 Å². The molecule has 1 N–H and O–H groups in total. The monoisotopic (exact) mass is 350 g/mol. The third-order valence-electron chi connectivity index (χ3n) is 2.68. The van der Waals surface area contributed by atoms with E-state index in [4.69, 9.17) is 11.6 Å². The Hall–Kier alpha value is -0.440. The highest BCUT2D eigenvalue weighted by atomic mass is 35.5. The molecule has 0 unspecified atom stereocenters. The molecule has 4 nitrogen and oxygen atoms in total. The van der Waals surface area contributed by atoms with Gasteiger partial charge >= 0.3 is 0 Å². The summed E-state index contributed by atoms with van der Waals surface area (Å²) in [6.45, 7) is 0.995. The summed E-state index contributed by atoms with van der Waals surface area (Å²) in [5, 5.41) is 4.87. The van der Waals surface area contributed by atoms with Crippen molar-refractivity contribution in [3.8, 4) is 0 Å². The molecule has 0 spiro atoms. The van der Waals surface area contributed by atoms with E-state index in [1.807, 2.05) is 18.5 Å². The van der Waals surface area contributed by atoms with Crippen molar-refractivity contribution in [2.75, 3.05) is 14.1 Å². The number of halogens is 1. The quantitative estimate of drug-likeness (QED) is 0.871. The van der Waals surface area contributed by atoms with Crippen LogP contribution in [0.3, 0.4) is 0 Å². The van der Waals surface area contributed by atoms with Crippen LogP contribution in [0.2, 0.25) is 4.34 Å². The van der Waals surface area contributed by atoms with E-state index >= 15 is 0 Å². The standard InChI is InChI=1S/C12H15ClN2O2S3/c1-14-6-9-5-12(18-8-9)20(16,17)15(2)7-10-3-4-11(13)19-10/h3-5,8,14H,6-7H2,1-2H3. The van der Waals surface area contributed by atoms with Crippen molar-refractivity contribution >= 4 is 44.3 Å². The van der Waals surface area contributed by atoms with E-state index in [2.05, 4.69) is 5.32 Å². The summed E-state index contributed by atoms with van der Waals surface area (Å²) in [6.07, 6.45) is 0. The van der Waals surface area contributed by atoms with Gasteiger partial charge in [-0.15, -0.1) is 22.7 Å². The Kier molecular flexibility index (Phi) is 5.22. The first kappa shape index (κ1) is 15.9. The van der Waals surface area contributed by atoms with Gasteiger partial charge in [0.05, 0.1) is 4.34 Å². The highest BCUT2D eigenvalue weighted by molar-refractivity contribution is 7.91. The van der Waals surface area contributed by atoms with Crippen molar-refractivity contribution in [1.29, 1.82) is 0 Å². The normalized spacial score (nSPS) is 12.2. The van der Waals surface area contributed by atoms with Gasteiger partial charge in [0.2, 0.25) is 0 Å². The Morgan fingerprint density at radius 3 is 2.75 bits per heavy atom. The highest BCUT2D eigenvalue weighted by Gasteiger charge is 2.23. The minimum atomic E-state index is -3.44. The fraction of sp³-hybridized carbons (Fsp3) is 0.333. The second-order valence-corrected chi connectivity index (χ2v) is 9.25. The van der Waals surface area contributed by atoms with Gasteiger partial charge in [0, 0.05) is 25.0 Å². The largest absolute Gasteiger partial charge is 0.316 e. The molecule has 0 aliphatic heterocycles. The lowest BCUT2D eigenvalue weighted by Crippen LogP contribution is -2.25. The molecular formula is C12H15ClN2O2S3. The van der Waals surface area contributed by atoms with Crippen LogP contribution < -0.4 is 5.32 Å². The van der Waals surface area contributed by atoms with Gasteiger partial charge in [0.1, 0.15) is 4.21 Å². The maximum atomic E-state index is 12.4. The lowest BCUT2D eigenvalue weighted by atomic mass is 10.3. The number of thiophene rings is 2. The van der Waals surface area contributed by atoms with Gasteiger partial charge < -0.3 is 5.32 Å². The Morgan fingerprint density at radius 1 is 1.40 bits per heavy atom. The fourth-order valence-electron chi connectivity index (χ4n) is 1.68. The number of nitrogens with zero attached hydrogens (tertiary/aromatic N) is 1. The molecule has 8 heteroatoms. The molecule has 0 bridgehead atoms. The Labute approximate surface area is 132 Å². The second kappa shape index (κ2) is 6.55.